The highest BCUT2D eigenvalue weighted by Crippen LogP contribution is 2.57. The van der Waals surface area contributed by atoms with Gasteiger partial charge in [-0.05, 0) is 63.4 Å². The van der Waals surface area contributed by atoms with Crippen molar-refractivity contribution in [2.24, 2.45) is 23.7 Å². The summed E-state index contributed by atoms with van der Waals surface area (Å²) in [5.74, 6) is 0.729. The molecule has 1 heterocycles. The second-order valence-corrected chi connectivity index (χ2v) is 7.66. The van der Waals surface area contributed by atoms with Crippen LogP contribution in [-0.2, 0) is 14.3 Å². The molecule has 0 N–H and O–H groups in total. The van der Waals surface area contributed by atoms with Crippen LogP contribution in [0.1, 0.15) is 53.9 Å². The van der Waals surface area contributed by atoms with Crippen LogP contribution in [0.4, 0.5) is 0 Å². The number of carbonyl (C=O) groups excluding carboxylic acids is 2. The van der Waals surface area contributed by atoms with Crippen LogP contribution in [0.5, 0.6) is 0 Å². The van der Waals surface area contributed by atoms with Crippen molar-refractivity contribution in [2.75, 3.05) is 0 Å². The van der Waals surface area contributed by atoms with E-state index in [1.807, 2.05) is 13.8 Å². The van der Waals surface area contributed by atoms with Gasteiger partial charge in [0.05, 0.1) is 0 Å². The fraction of sp³-hybridized carbons (Fsp3) is 0.684. The molecule has 0 aromatic heterocycles. The van der Waals surface area contributed by atoms with Gasteiger partial charge >= 0.3 is 5.97 Å². The number of rotatable bonds is 2. The predicted octanol–water partition coefficient (Wildman–Crippen LogP) is 3.84. The van der Waals surface area contributed by atoms with E-state index in [1.54, 1.807) is 6.92 Å². The molecule has 0 bridgehead atoms. The number of hydrogen-bond donors (Lipinski definition) is 0. The van der Waals surface area contributed by atoms with Gasteiger partial charge in [0.1, 0.15) is 0 Å². The molecule has 3 nitrogen and oxygen atoms in total. The Morgan fingerprint density at radius 3 is 2.50 bits per heavy atom. The first-order chi connectivity index (χ1) is 10.3. The van der Waals surface area contributed by atoms with Crippen LogP contribution >= 0.6 is 0 Å². The summed E-state index contributed by atoms with van der Waals surface area (Å²) in [7, 11) is 0. The van der Waals surface area contributed by atoms with E-state index in [0.717, 1.165) is 30.4 Å². The second kappa shape index (κ2) is 5.07. The Hall–Kier alpha value is -1.38. The molecule has 0 spiro atoms. The topological polar surface area (TPSA) is 43.4 Å². The van der Waals surface area contributed by atoms with Gasteiger partial charge in [0.2, 0.25) is 0 Å². The van der Waals surface area contributed by atoms with E-state index in [0.29, 0.717) is 11.8 Å². The number of ether oxygens (including phenoxy) is 1. The van der Waals surface area contributed by atoms with Gasteiger partial charge in [-0.25, -0.2) is 4.79 Å². The van der Waals surface area contributed by atoms with E-state index in [1.165, 1.54) is 5.57 Å². The van der Waals surface area contributed by atoms with Crippen LogP contribution in [0.15, 0.2) is 22.8 Å². The molecule has 0 radical (unpaired) electrons. The Morgan fingerprint density at radius 1 is 1.23 bits per heavy atom. The van der Waals surface area contributed by atoms with E-state index in [9.17, 15) is 9.59 Å². The van der Waals surface area contributed by atoms with Crippen LogP contribution in [-0.4, -0.2) is 17.4 Å². The second-order valence-electron chi connectivity index (χ2n) is 7.66. The van der Waals surface area contributed by atoms with Gasteiger partial charge in [0, 0.05) is 11.5 Å². The largest absolute Gasteiger partial charge is 0.442 e. The van der Waals surface area contributed by atoms with Crippen molar-refractivity contribution in [2.45, 2.75) is 59.5 Å². The quantitative estimate of drug-likeness (QED) is 0.575. The van der Waals surface area contributed by atoms with Crippen LogP contribution in [0.2, 0.25) is 0 Å². The molecule has 0 amide bonds. The zero-order chi connectivity index (χ0) is 16.2. The summed E-state index contributed by atoms with van der Waals surface area (Å²) in [5.41, 5.74) is 2.00. The van der Waals surface area contributed by atoms with E-state index < -0.39 is 5.60 Å². The molecule has 3 heteroatoms. The molecule has 22 heavy (non-hydrogen) atoms. The summed E-state index contributed by atoms with van der Waals surface area (Å²) in [4.78, 5) is 25.2. The first kappa shape index (κ1) is 15.5. The third-order valence-corrected chi connectivity index (χ3v) is 5.83. The smallest absolute Gasteiger partial charge is 0.335 e. The summed E-state index contributed by atoms with van der Waals surface area (Å²) >= 11 is 0. The van der Waals surface area contributed by atoms with Gasteiger partial charge in [-0.15, -0.1) is 0 Å². The molecule has 0 unspecified atom stereocenters. The highest BCUT2D eigenvalue weighted by Gasteiger charge is 2.62. The van der Waals surface area contributed by atoms with E-state index in [4.69, 9.17) is 4.74 Å². The monoisotopic (exact) mass is 302 g/mol. The van der Waals surface area contributed by atoms with E-state index in [-0.39, 0.29) is 23.6 Å². The van der Waals surface area contributed by atoms with Crippen molar-refractivity contribution in [3.8, 4) is 0 Å². The number of esters is 1. The Balaban J connectivity index is 2.24. The molecule has 120 valence electrons. The van der Waals surface area contributed by atoms with Crippen LogP contribution < -0.4 is 0 Å². The van der Waals surface area contributed by atoms with E-state index in [2.05, 4.69) is 19.9 Å². The lowest BCUT2D eigenvalue weighted by Gasteiger charge is -2.47. The first-order valence-corrected chi connectivity index (χ1v) is 8.43. The minimum atomic E-state index is -1.02. The Kier molecular flexibility index (Phi) is 3.58. The highest BCUT2D eigenvalue weighted by molar-refractivity contribution is 6.03. The maximum absolute atomic E-state index is 12.6. The van der Waals surface area contributed by atoms with Gasteiger partial charge in [-0.3, -0.25) is 4.79 Å². The van der Waals surface area contributed by atoms with Crippen molar-refractivity contribution >= 4 is 11.8 Å². The summed E-state index contributed by atoms with van der Waals surface area (Å²) in [6, 6.07) is 0. The molecule has 0 aromatic carbocycles. The maximum Gasteiger partial charge on any atom is 0.335 e. The molecular formula is C19H26O3. The molecule has 3 rings (SSSR count). The summed E-state index contributed by atoms with van der Waals surface area (Å²) in [6.45, 7) is 10.0. The molecule has 1 saturated carbocycles. The minimum Gasteiger partial charge on any atom is -0.442 e. The minimum absolute atomic E-state index is 0.0145. The van der Waals surface area contributed by atoms with Gasteiger partial charge in [-0.2, -0.15) is 0 Å². The fourth-order valence-electron chi connectivity index (χ4n) is 4.91. The standard InChI is InChI=1S/C19H26O3/c1-10(2)8-14-9-12(4)15-7-6-11(3)16-17(15)19(14,13(5)20)22-18(16)21/h8,11-12,14-15H,6-7,9H2,1-5H3/t11-,12-,14+,15+,19+/m0/s1. The summed E-state index contributed by atoms with van der Waals surface area (Å²) < 4.78 is 5.85. The average Bonchev–Trinajstić information content (AvgIpc) is 2.73. The molecule has 5 atom stereocenters. The lowest BCUT2D eigenvalue weighted by atomic mass is 9.57. The van der Waals surface area contributed by atoms with Crippen molar-refractivity contribution in [1.82, 2.24) is 0 Å². The zero-order valence-corrected chi connectivity index (χ0v) is 14.2. The van der Waals surface area contributed by atoms with Crippen LogP contribution in [0, 0.1) is 23.7 Å². The van der Waals surface area contributed by atoms with Crippen molar-refractivity contribution in [3.63, 3.8) is 0 Å². The normalized spacial score (nSPS) is 40.1. The molecule has 0 aromatic rings. The molecule has 3 aliphatic rings. The van der Waals surface area contributed by atoms with Gasteiger partial charge in [-0.1, -0.05) is 25.5 Å². The van der Waals surface area contributed by atoms with E-state index >= 15 is 0 Å². The molecule has 1 aliphatic heterocycles. The fourth-order valence-corrected chi connectivity index (χ4v) is 4.91. The van der Waals surface area contributed by atoms with Crippen molar-refractivity contribution < 1.29 is 14.3 Å². The third kappa shape index (κ3) is 1.94. The summed E-state index contributed by atoms with van der Waals surface area (Å²) in [5, 5.41) is 0. The Morgan fingerprint density at radius 2 is 1.91 bits per heavy atom. The first-order valence-electron chi connectivity index (χ1n) is 8.43. The molecule has 1 fully saturated rings. The third-order valence-electron chi connectivity index (χ3n) is 5.83. The Labute approximate surface area is 132 Å². The highest BCUT2D eigenvalue weighted by atomic mass is 16.6. The molecule has 2 aliphatic carbocycles. The Bertz CT molecular complexity index is 594. The summed E-state index contributed by atoms with van der Waals surface area (Å²) in [6.07, 6.45) is 5.13. The zero-order valence-electron chi connectivity index (χ0n) is 14.2. The number of ketones is 1. The lowest BCUT2D eigenvalue weighted by Crippen LogP contribution is -2.53. The van der Waals surface area contributed by atoms with Crippen LogP contribution in [0.25, 0.3) is 0 Å². The van der Waals surface area contributed by atoms with Crippen molar-refractivity contribution in [3.05, 3.63) is 22.8 Å². The molecule has 0 saturated heterocycles. The van der Waals surface area contributed by atoms with Gasteiger partial charge in [0.25, 0.3) is 0 Å². The average molecular weight is 302 g/mol. The van der Waals surface area contributed by atoms with Crippen molar-refractivity contribution in [1.29, 1.82) is 0 Å². The maximum atomic E-state index is 12.6. The lowest BCUT2D eigenvalue weighted by molar-refractivity contribution is -0.161. The van der Waals surface area contributed by atoms with Crippen LogP contribution in [0.3, 0.4) is 0 Å². The number of allylic oxidation sites excluding steroid dienone is 1. The number of hydrogen-bond acceptors (Lipinski definition) is 3. The number of Topliss-reactive ketones (excluding diaryl/α,β-unsaturated/α-hetero) is 1. The van der Waals surface area contributed by atoms with Gasteiger partial charge in [0.15, 0.2) is 11.4 Å². The predicted molar refractivity (Wildman–Crippen MR) is 85.1 cm³/mol. The number of carbonyl (C=O) groups is 2. The molecular weight excluding hydrogens is 276 g/mol. The van der Waals surface area contributed by atoms with Gasteiger partial charge < -0.3 is 4.74 Å². The SMILES string of the molecule is CC(=O)[C@]12OC(=O)C3=C1[C@H](CC[C@@H]3C)[C@@H](C)C[C@H]2C=C(C)C.